The molecule has 0 bridgehead atoms. The number of hydrogen-bond acceptors (Lipinski definition) is 5. The fourth-order valence-electron chi connectivity index (χ4n) is 3.02. The molecule has 7 nitrogen and oxygen atoms in total. The van der Waals surface area contributed by atoms with Crippen molar-refractivity contribution in [1.29, 1.82) is 0 Å². The second-order valence-corrected chi connectivity index (χ2v) is 7.21. The average molecular weight is 520 g/mol. The van der Waals surface area contributed by atoms with Gasteiger partial charge in [-0.15, -0.1) is 24.0 Å². The molecular formula is C21H37IN4O3. The van der Waals surface area contributed by atoms with Gasteiger partial charge in [0.05, 0.1) is 12.7 Å². The van der Waals surface area contributed by atoms with Gasteiger partial charge in [0.25, 0.3) is 0 Å². The van der Waals surface area contributed by atoms with E-state index in [1.807, 2.05) is 0 Å². The fourth-order valence-corrected chi connectivity index (χ4v) is 3.02. The second kappa shape index (κ2) is 14.8. The van der Waals surface area contributed by atoms with Crippen molar-refractivity contribution >= 4 is 29.9 Å². The van der Waals surface area contributed by atoms with E-state index in [-0.39, 0.29) is 30.1 Å². The maximum Gasteiger partial charge on any atom is 0.191 e. The average Bonchev–Trinajstić information content (AvgIpc) is 3.22. The van der Waals surface area contributed by atoms with Crippen LogP contribution < -0.4 is 15.4 Å². The summed E-state index contributed by atoms with van der Waals surface area (Å²) in [6, 6.07) is 6.31. The molecule has 2 rings (SSSR count). The number of likely N-dealkylation sites (N-methyl/N-ethyl adjacent to an activating group) is 1. The first-order chi connectivity index (χ1) is 13.6. The number of nitrogens with one attached hydrogen (secondary N) is 2. The lowest BCUT2D eigenvalue weighted by molar-refractivity contribution is 0.0676. The van der Waals surface area contributed by atoms with Crippen LogP contribution in [-0.4, -0.2) is 77.6 Å². The molecule has 1 saturated heterocycles. The smallest absolute Gasteiger partial charge is 0.191 e. The topological polar surface area (TPSA) is 67.4 Å². The van der Waals surface area contributed by atoms with E-state index in [0.29, 0.717) is 13.2 Å². The third kappa shape index (κ3) is 9.97. The number of aryl methyl sites for hydroxylation is 1. The minimum atomic E-state index is 0. The molecule has 2 N–H and O–H groups in total. The van der Waals surface area contributed by atoms with Gasteiger partial charge in [-0.05, 0) is 38.4 Å². The van der Waals surface area contributed by atoms with E-state index in [0.717, 1.165) is 63.0 Å². The zero-order valence-electron chi connectivity index (χ0n) is 18.2. The molecule has 1 fully saturated rings. The minimum absolute atomic E-state index is 0. The first kappa shape index (κ1) is 25.9. The van der Waals surface area contributed by atoms with Gasteiger partial charge >= 0.3 is 0 Å². The van der Waals surface area contributed by atoms with E-state index in [2.05, 4.69) is 52.7 Å². The predicted molar refractivity (Wildman–Crippen MR) is 129 cm³/mol. The van der Waals surface area contributed by atoms with Crippen molar-refractivity contribution in [3.05, 3.63) is 29.3 Å². The molecule has 0 aromatic heterocycles. The quantitative estimate of drug-likeness (QED) is 0.266. The third-order valence-electron chi connectivity index (χ3n) is 4.80. The van der Waals surface area contributed by atoms with E-state index in [1.54, 1.807) is 14.2 Å². The summed E-state index contributed by atoms with van der Waals surface area (Å²) < 4.78 is 16.8. The van der Waals surface area contributed by atoms with Crippen LogP contribution in [0.4, 0.5) is 0 Å². The Labute approximate surface area is 192 Å². The summed E-state index contributed by atoms with van der Waals surface area (Å²) in [6.45, 7) is 7.58. The number of nitrogens with zero attached hydrogens (tertiary/aromatic N) is 2. The number of methoxy groups -OCH3 is 1. The molecule has 29 heavy (non-hydrogen) atoms. The van der Waals surface area contributed by atoms with Gasteiger partial charge < -0.3 is 29.7 Å². The summed E-state index contributed by atoms with van der Waals surface area (Å²) in [5.74, 6) is 1.70. The SMILES string of the molecule is CN=C(NCCN(C)CCOC)NCc1ccc(C)cc1OCC1CCCO1.I. The maximum absolute atomic E-state index is 6.07. The first-order valence-corrected chi connectivity index (χ1v) is 10.1. The van der Waals surface area contributed by atoms with Crippen LogP contribution in [0.1, 0.15) is 24.0 Å². The highest BCUT2D eigenvalue weighted by molar-refractivity contribution is 14.0. The Morgan fingerprint density at radius 3 is 2.83 bits per heavy atom. The van der Waals surface area contributed by atoms with E-state index < -0.39 is 0 Å². The van der Waals surface area contributed by atoms with Gasteiger partial charge in [-0.3, -0.25) is 4.99 Å². The summed E-state index contributed by atoms with van der Waals surface area (Å²) in [5, 5.41) is 6.73. The highest BCUT2D eigenvalue weighted by Crippen LogP contribution is 2.22. The van der Waals surface area contributed by atoms with Crippen molar-refractivity contribution in [2.24, 2.45) is 4.99 Å². The Hall–Kier alpha value is -1.10. The lowest BCUT2D eigenvalue weighted by Gasteiger charge is -2.19. The Morgan fingerprint density at radius 1 is 1.31 bits per heavy atom. The molecule has 0 aliphatic carbocycles. The van der Waals surface area contributed by atoms with Crippen LogP contribution in [0.3, 0.4) is 0 Å². The first-order valence-electron chi connectivity index (χ1n) is 10.1. The fraction of sp³-hybridized carbons (Fsp3) is 0.667. The summed E-state index contributed by atoms with van der Waals surface area (Å²) in [5.41, 5.74) is 2.30. The van der Waals surface area contributed by atoms with Crippen LogP contribution in [0.25, 0.3) is 0 Å². The molecule has 8 heteroatoms. The number of ether oxygens (including phenoxy) is 3. The highest BCUT2D eigenvalue weighted by Gasteiger charge is 2.17. The number of halogens is 1. The lowest BCUT2D eigenvalue weighted by Crippen LogP contribution is -2.41. The van der Waals surface area contributed by atoms with Gasteiger partial charge in [0, 0.05) is 52.5 Å². The Bertz CT molecular complexity index is 610. The summed E-state index contributed by atoms with van der Waals surface area (Å²) in [6.07, 6.45) is 2.42. The van der Waals surface area contributed by atoms with Crippen molar-refractivity contribution in [2.75, 3.05) is 60.7 Å². The van der Waals surface area contributed by atoms with Gasteiger partial charge in [0.15, 0.2) is 5.96 Å². The van der Waals surface area contributed by atoms with Crippen LogP contribution >= 0.6 is 24.0 Å². The van der Waals surface area contributed by atoms with Crippen molar-refractivity contribution < 1.29 is 14.2 Å². The van der Waals surface area contributed by atoms with Crippen LogP contribution in [0.5, 0.6) is 5.75 Å². The molecule has 1 heterocycles. The zero-order valence-corrected chi connectivity index (χ0v) is 20.5. The number of guanidine groups is 1. The summed E-state index contributed by atoms with van der Waals surface area (Å²) >= 11 is 0. The van der Waals surface area contributed by atoms with Gasteiger partial charge in [0.2, 0.25) is 0 Å². The Balaban J connectivity index is 0.00000420. The standard InChI is InChI=1S/C21H36N4O3.HI/c1-17-7-8-18(20(14-17)28-16-19-6-5-12-27-19)15-24-21(22-2)23-9-10-25(3)11-13-26-4;/h7-8,14,19H,5-6,9-13,15-16H2,1-4H3,(H2,22,23,24);1H. The van der Waals surface area contributed by atoms with Gasteiger partial charge in [0.1, 0.15) is 12.4 Å². The minimum Gasteiger partial charge on any atom is -0.491 e. The molecule has 166 valence electrons. The summed E-state index contributed by atoms with van der Waals surface area (Å²) in [7, 11) is 5.59. The molecule has 0 saturated carbocycles. The molecule has 0 spiro atoms. The highest BCUT2D eigenvalue weighted by atomic mass is 127. The molecule has 1 atom stereocenters. The lowest BCUT2D eigenvalue weighted by atomic mass is 10.1. The van der Waals surface area contributed by atoms with E-state index in [4.69, 9.17) is 14.2 Å². The number of aliphatic imine (C=N–C) groups is 1. The van der Waals surface area contributed by atoms with Gasteiger partial charge in [-0.1, -0.05) is 12.1 Å². The number of benzene rings is 1. The molecular weight excluding hydrogens is 483 g/mol. The Morgan fingerprint density at radius 2 is 2.14 bits per heavy atom. The number of rotatable bonds is 11. The maximum atomic E-state index is 6.07. The van der Waals surface area contributed by atoms with Crippen LogP contribution in [-0.2, 0) is 16.0 Å². The normalized spacial score (nSPS) is 16.6. The summed E-state index contributed by atoms with van der Waals surface area (Å²) in [4.78, 5) is 6.53. The molecule has 0 amide bonds. The van der Waals surface area contributed by atoms with Crippen LogP contribution in [0, 0.1) is 6.92 Å². The predicted octanol–water partition coefficient (Wildman–Crippen LogP) is 2.41. The molecule has 1 aromatic rings. The molecule has 1 aliphatic rings. The number of hydrogen-bond donors (Lipinski definition) is 2. The van der Waals surface area contributed by atoms with E-state index in [9.17, 15) is 0 Å². The molecule has 1 unspecified atom stereocenters. The third-order valence-corrected chi connectivity index (χ3v) is 4.80. The van der Waals surface area contributed by atoms with E-state index in [1.165, 1.54) is 5.56 Å². The van der Waals surface area contributed by atoms with Crippen molar-refractivity contribution in [2.45, 2.75) is 32.4 Å². The van der Waals surface area contributed by atoms with Crippen molar-refractivity contribution in [3.63, 3.8) is 0 Å². The largest absolute Gasteiger partial charge is 0.491 e. The van der Waals surface area contributed by atoms with Crippen LogP contribution in [0.2, 0.25) is 0 Å². The van der Waals surface area contributed by atoms with E-state index >= 15 is 0 Å². The molecule has 1 aromatic carbocycles. The Kier molecular flexibility index (Phi) is 13.2. The van der Waals surface area contributed by atoms with Gasteiger partial charge in [-0.2, -0.15) is 0 Å². The van der Waals surface area contributed by atoms with Crippen molar-refractivity contribution in [3.8, 4) is 5.75 Å². The second-order valence-electron chi connectivity index (χ2n) is 7.21. The van der Waals surface area contributed by atoms with Gasteiger partial charge in [-0.25, -0.2) is 0 Å². The molecule has 1 aliphatic heterocycles. The van der Waals surface area contributed by atoms with Crippen molar-refractivity contribution in [1.82, 2.24) is 15.5 Å². The zero-order chi connectivity index (χ0) is 20.2. The molecule has 0 radical (unpaired) electrons. The van der Waals surface area contributed by atoms with Crippen LogP contribution in [0.15, 0.2) is 23.2 Å². The monoisotopic (exact) mass is 520 g/mol.